The lowest BCUT2D eigenvalue weighted by Gasteiger charge is -2.27. The molecule has 18 heavy (non-hydrogen) atoms. The minimum absolute atomic E-state index is 0.528. The molecule has 1 fully saturated rings. The van der Waals surface area contributed by atoms with Gasteiger partial charge in [0.1, 0.15) is 5.82 Å². The van der Waals surface area contributed by atoms with Gasteiger partial charge in [-0.1, -0.05) is 11.6 Å². The monoisotopic (exact) mass is 269 g/mol. The van der Waals surface area contributed by atoms with Crippen LogP contribution in [-0.4, -0.2) is 44.4 Å². The fourth-order valence-electron chi connectivity index (χ4n) is 2.27. The quantitative estimate of drug-likeness (QED) is 0.857. The van der Waals surface area contributed by atoms with Crippen LogP contribution in [0.3, 0.4) is 0 Å². The van der Waals surface area contributed by atoms with Crippen molar-refractivity contribution >= 4 is 17.4 Å². The van der Waals surface area contributed by atoms with E-state index in [0.717, 1.165) is 25.5 Å². The molecule has 5 heteroatoms. The largest absolute Gasteiger partial charge is 0.383 e. The van der Waals surface area contributed by atoms with E-state index in [-0.39, 0.29) is 0 Å². The van der Waals surface area contributed by atoms with Gasteiger partial charge in [0.25, 0.3) is 0 Å². The van der Waals surface area contributed by atoms with Gasteiger partial charge in [0, 0.05) is 32.4 Å². The Morgan fingerprint density at radius 1 is 1.61 bits per heavy atom. The van der Waals surface area contributed by atoms with Crippen LogP contribution in [0.5, 0.6) is 0 Å². The highest BCUT2D eigenvalue weighted by molar-refractivity contribution is 6.32. The summed E-state index contributed by atoms with van der Waals surface area (Å²) in [6.07, 6.45) is 4.25. The summed E-state index contributed by atoms with van der Waals surface area (Å²) in [6, 6.07) is 4.26. The van der Waals surface area contributed by atoms with Crippen molar-refractivity contribution in [3.63, 3.8) is 0 Å². The van der Waals surface area contributed by atoms with Gasteiger partial charge in [-0.15, -0.1) is 0 Å². The first-order valence-corrected chi connectivity index (χ1v) is 6.77. The summed E-state index contributed by atoms with van der Waals surface area (Å²) in [5.74, 6) is 0.852. The van der Waals surface area contributed by atoms with E-state index in [0.29, 0.717) is 17.7 Å². The highest BCUT2D eigenvalue weighted by Crippen LogP contribution is 2.23. The first-order valence-electron chi connectivity index (χ1n) is 6.39. The van der Waals surface area contributed by atoms with Crippen molar-refractivity contribution in [1.29, 1.82) is 0 Å². The zero-order chi connectivity index (χ0) is 12.8. The van der Waals surface area contributed by atoms with Crippen molar-refractivity contribution in [2.75, 3.05) is 38.3 Å². The van der Waals surface area contributed by atoms with E-state index in [9.17, 15) is 0 Å². The molecule has 1 aliphatic rings. The molecular formula is C13H20ClN3O. The molecule has 1 unspecified atom stereocenters. The third kappa shape index (κ3) is 3.57. The Hall–Kier alpha value is -0.840. The van der Waals surface area contributed by atoms with Crippen LogP contribution >= 0.6 is 11.6 Å². The number of rotatable bonds is 6. The number of pyridine rings is 1. The normalized spacial score (nSPS) is 19.1. The van der Waals surface area contributed by atoms with E-state index < -0.39 is 0 Å². The van der Waals surface area contributed by atoms with Crippen molar-refractivity contribution in [3.8, 4) is 0 Å². The van der Waals surface area contributed by atoms with Gasteiger partial charge in [-0.25, -0.2) is 4.98 Å². The van der Waals surface area contributed by atoms with E-state index in [1.165, 1.54) is 12.8 Å². The van der Waals surface area contributed by atoms with Gasteiger partial charge in [0.15, 0.2) is 0 Å². The van der Waals surface area contributed by atoms with Gasteiger partial charge in [-0.2, -0.15) is 0 Å². The van der Waals surface area contributed by atoms with Crippen molar-refractivity contribution in [1.82, 2.24) is 10.3 Å². The smallest absolute Gasteiger partial charge is 0.147 e. The lowest BCUT2D eigenvalue weighted by atomic mass is 10.2. The molecule has 0 radical (unpaired) electrons. The second-order valence-electron chi connectivity index (χ2n) is 4.54. The van der Waals surface area contributed by atoms with Crippen molar-refractivity contribution in [3.05, 3.63) is 23.4 Å². The van der Waals surface area contributed by atoms with E-state index in [2.05, 4.69) is 15.2 Å². The zero-order valence-corrected chi connectivity index (χ0v) is 11.5. The molecule has 1 aromatic heterocycles. The van der Waals surface area contributed by atoms with Gasteiger partial charge < -0.3 is 15.0 Å². The van der Waals surface area contributed by atoms with Crippen LogP contribution in [0, 0.1) is 0 Å². The maximum absolute atomic E-state index is 6.22. The first-order chi connectivity index (χ1) is 8.81. The van der Waals surface area contributed by atoms with Gasteiger partial charge in [-0.05, 0) is 31.5 Å². The summed E-state index contributed by atoms with van der Waals surface area (Å²) in [5, 5.41) is 4.20. The van der Waals surface area contributed by atoms with Crippen molar-refractivity contribution < 1.29 is 4.74 Å². The summed E-state index contributed by atoms with van der Waals surface area (Å²) >= 11 is 6.22. The minimum Gasteiger partial charge on any atom is -0.383 e. The number of ether oxygens (including phenoxy) is 1. The third-order valence-electron chi connectivity index (χ3n) is 3.21. The Morgan fingerprint density at radius 2 is 2.50 bits per heavy atom. The molecule has 2 rings (SSSR count). The molecule has 2 heterocycles. The van der Waals surface area contributed by atoms with E-state index in [1.807, 2.05) is 12.1 Å². The number of methoxy groups -OCH3 is 1. The summed E-state index contributed by atoms with van der Waals surface area (Å²) < 4.78 is 5.17. The molecule has 0 bridgehead atoms. The summed E-state index contributed by atoms with van der Waals surface area (Å²) in [4.78, 5) is 6.59. The molecule has 0 saturated carbocycles. The van der Waals surface area contributed by atoms with Crippen LogP contribution < -0.4 is 10.2 Å². The molecule has 0 spiro atoms. The third-order valence-corrected chi connectivity index (χ3v) is 3.50. The summed E-state index contributed by atoms with van der Waals surface area (Å²) in [7, 11) is 1.71. The number of hydrogen-bond donors (Lipinski definition) is 1. The lowest BCUT2D eigenvalue weighted by Crippen LogP contribution is -2.39. The minimum atomic E-state index is 0.528. The van der Waals surface area contributed by atoms with Crippen molar-refractivity contribution in [2.24, 2.45) is 0 Å². The fourth-order valence-corrected chi connectivity index (χ4v) is 2.51. The van der Waals surface area contributed by atoms with Gasteiger partial charge in [-0.3, -0.25) is 0 Å². The van der Waals surface area contributed by atoms with E-state index >= 15 is 0 Å². The molecule has 1 N–H and O–H groups in total. The molecule has 0 amide bonds. The van der Waals surface area contributed by atoms with Gasteiger partial charge in [0.05, 0.1) is 11.6 Å². The maximum Gasteiger partial charge on any atom is 0.147 e. The molecule has 100 valence electrons. The molecule has 1 aliphatic heterocycles. The molecule has 0 aromatic carbocycles. The topological polar surface area (TPSA) is 37.4 Å². The Balaban J connectivity index is 2.06. The summed E-state index contributed by atoms with van der Waals surface area (Å²) in [5.41, 5.74) is 0. The second kappa shape index (κ2) is 6.92. The Kier molecular flexibility index (Phi) is 5.23. The zero-order valence-electron chi connectivity index (χ0n) is 10.7. The molecular weight excluding hydrogens is 250 g/mol. The summed E-state index contributed by atoms with van der Waals surface area (Å²) in [6.45, 7) is 3.53. The number of nitrogens with zero attached hydrogens (tertiary/aromatic N) is 2. The van der Waals surface area contributed by atoms with Crippen molar-refractivity contribution in [2.45, 2.75) is 18.9 Å². The molecule has 1 aromatic rings. The molecule has 1 atom stereocenters. The van der Waals surface area contributed by atoms with Crippen LogP contribution in [0.2, 0.25) is 5.02 Å². The van der Waals surface area contributed by atoms with Crippen LogP contribution in [0.15, 0.2) is 18.3 Å². The number of anilines is 1. The van der Waals surface area contributed by atoms with Crippen LogP contribution in [0.1, 0.15) is 12.8 Å². The van der Waals surface area contributed by atoms with Crippen LogP contribution in [-0.2, 0) is 4.74 Å². The average molecular weight is 270 g/mol. The SMILES string of the molecule is COCCN(CC1CCCN1)c1ncccc1Cl. The Morgan fingerprint density at radius 3 is 3.17 bits per heavy atom. The highest BCUT2D eigenvalue weighted by Gasteiger charge is 2.20. The second-order valence-corrected chi connectivity index (χ2v) is 4.95. The number of halogens is 1. The van der Waals surface area contributed by atoms with Crippen LogP contribution in [0.4, 0.5) is 5.82 Å². The first kappa shape index (κ1) is 13.6. The number of aromatic nitrogens is 1. The standard InChI is InChI=1S/C13H20ClN3O/c1-18-9-8-17(10-11-4-2-6-15-11)13-12(14)5-3-7-16-13/h3,5,7,11,15H,2,4,6,8-10H2,1H3. The predicted molar refractivity (Wildman–Crippen MR) is 74.4 cm³/mol. The molecule has 4 nitrogen and oxygen atoms in total. The molecule has 1 saturated heterocycles. The van der Waals surface area contributed by atoms with Gasteiger partial charge in [0.2, 0.25) is 0 Å². The van der Waals surface area contributed by atoms with Gasteiger partial charge >= 0.3 is 0 Å². The van der Waals surface area contributed by atoms with Crippen LogP contribution in [0.25, 0.3) is 0 Å². The van der Waals surface area contributed by atoms with E-state index in [4.69, 9.17) is 16.3 Å². The number of nitrogens with one attached hydrogen (secondary N) is 1. The Labute approximate surface area is 113 Å². The molecule has 0 aliphatic carbocycles. The predicted octanol–water partition coefficient (Wildman–Crippen LogP) is 1.94. The number of hydrogen-bond acceptors (Lipinski definition) is 4. The maximum atomic E-state index is 6.22. The Bertz CT molecular complexity index is 369. The fraction of sp³-hybridized carbons (Fsp3) is 0.615. The lowest BCUT2D eigenvalue weighted by molar-refractivity contribution is 0.204. The average Bonchev–Trinajstić information content (AvgIpc) is 2.88. The highest BCUT2D eigenvalue weighted by atomic mass is 35.5. The van der Waals surface area contributed by atoms with E-state index in [1.54, 1.807) is 13.3 Å².